The molecular weight excluding hydrogens is 208 g/mol. The molecule has 0 spiro atoms. The summed E-state index contributed by atoms with van der Waals surface area (Å²) in [6.07, 6.45) is 2.21. The highest BCUT2D eigenvalue weighted by atomic mass is 15.2. The van der Waals surface area contributed by atoms with Gasteiger partial charge in [0.1, 0.15) is 0 Å². The first-order chi connectivity index (χ1) is 8.24. The minimum Gasteiger partial charge on any atom is -0.330 e. The quantitative estimate of drug-likeness (QED) is 0.785. The van der Waals surface area contributed by atoms with E-state index in [9.17, 15) is 0 Å². The van der Waals surface area contributed by atoms with Crippen LogP contribution < -0.4 is 5.73 Å². The summed E-state index contributed by atoms with van der Waals surface area (Å²) in [4.78, 5) is 2.56. The summed E-state index contributed by atoms with van der Waals surface area (Å²) in [6, 6.07) is 11.8. The van der Waals surface area contributed by atoms with E-state index < -0.39 is 0 Å². The summed E-state index contributed by atoms with van der Waals surface area (Å²) in [7, 11) is 0. The zero-order valence-electron chi connectivity index (χ0n) is 11.4. The van der Waals surface area contributed by atoms with Crippen LogP contribution in [0.4, 0.5) is 0 Å². The number of benzene rings is 1. The Morgan fingerprint density at radius 2 is 1.82 bits per heavy atom. The van der Waals surface area contributed by atoms with Crippen LogP contribution in [0, 0.1) is 0 Å². The first-order valence-corrected chi connectivity index (χ1v) is 6.75. The molecule has 0 radical (unpaired) electrons. The van der Waals surface area contributed by atoms with Gasteiger partial charge < -0.3 is 5.73 Å². The first kappa shape index (κ1) is 14.2. The average Bonchev–Trinajstić information content (AvgIpc) is 2.39. The largest absolute Gasteiger partial charge is 0.330 e. The molecule has 0 heterocycles. The summed E-state index contributed by atoms with van der Waals surface area (Å²) in [5, 5.41) is 0. The molecule has 96 valence electrons. The van der Waals surface area contributed by atoms with Gasteiger partial charge in [-0.1, -0.05) is 44.2 Å². The van der Waals surface area contributed by atoms with Gasteiger partial charge in [-0.2, -0.15) is 0 Å². The van der Waals surface area contributed by atoms with Gasteiger partial charge in [0.25, 0.3) is 0 Å². The minimum atomic E-state index is 0.459. The van der Waals surface area contributed by atoms with Crippen LogP contribution in [0.1, 0.15) is 45.2 Å². The second-order valence-electron chi connectivity index (χ2n) is 4.59. The van der Waals surface area contributed by atoms with Gasteiger partial charge in [-0.25, -0.2) is 0 Å². The average molecular weight is 234 g/mol. The first-order valence-electron chi connectivity index (χ1n) is 6.75. The van der Waals surface area contributed by atoms with Crippen molar-refractivity contribution in [2.75, 3.05) is 13.1 Å². The van der Waals surface area contributed by atoms with E-state index in [1.807, 2.05) is 0 Å². The number of nitrogens with two attached hydrogens (primary N) is 1. The van der Waals surface area contributed by atoms with Gasteiger partial charge in [0.2, 0.25) is 0 Å². The molecule has 0 aliphatic rings. The summed E-state index contributed by atoms with van der Waals surface area (Å²) < 4.78 is 0. The van der Waals surface area contributed by atoms with Crippen molar-refractivity contribution in [3.8, 4) is 0 Å². The molecule has 1 rings (SSSR count). The third-order valence-electron chi connectivity index (χ3n) is 3.55. The second kappa shape index (κ2) is 7.46. The predicted molar refractivity (Wildman–Crippen MR) is 75.0 cm³/mol. The van der Waals surface area contributed by atoms with E-state index in [-0.39, 0.29) is 0 Å². The Morgan fingerprint density at radius 1 is 1.18 bits per heavy atom. The Balaban J connectivity index is 2.90. The lowest BCUT2D eigenvalue weighted by Crippen LogP contribution is -2.37. The van der Waals surface area contributed by atoms with E-state index in [1.54, 1.807) is 0 Å². The van der Waals surface area contributed by atoms with Gasteiger partial charge in [0.15, 0.2) is 0 Å². The fourth-order valence-electron chi connectivity index (χ4n) is 2.43. The molecule has 2 nitrogen and oxygen atoms in total. The van der Waals surface area contributed by atoms with Crippen molar-refractivity contribution < 1.29 is 0 Å². The molecule has 0 saturated carbocycles. The molecule has 0 amide bonds. The van der Waals surface area contributed by atoms with Gasteiger partial charge in [-0.3, -0.25) is 4.90 Å². The maximum absolute atomic E-state index is 5.77. The Bertz CT molecular complexity index is 297. The van der Waals surface area contributed by atoms with Gasteiger partial charge >= 0.3 is 0 Å². The fraction of sp³-hybridized carbons (Fsp3) is 0.600. The topological polar surface area (TPSA) is 29.3 Å². The van der Waals surface area contributed by atoms with Crippen molar-refractivity contribution in [2.45, 2.75) is 45.7 Å². The molecule has 2 N–H and O–H groups in total. The predicted octanol–water partition coefficient (Wildman–Crippen LogP) is 3.20. The van der Waals surface area contributed by atoms with Crippen LogP contribution in [-0.2, 0) is 0 Å². The van der Waals surface area contributed by atoms with Crippen LogP contribution in [0.15, 0.2) is 30.3 Å². The molecule has 0 aromatic heterocycles. The maximum atomic E-state index is 5.77. The fourth-order valence-corrected chi connectivity index (χ4v) is 2.43. The van der Waals surface area contributed by atoms with E-state index >= 15 is 0 Å². The van der Waals surface area contributed by atoms with E-state index in [0.29, 0.717) is 12.1 Å². The van der Waals surface area contributed by atoms with E-state index in [1.165, 1.54) is 12.0 Å². The summed E-state index contributed by atoms with van der Waals surface area (Å²) >= 11 is 0. The Labute approximate surface area is 106 Å². The molecular formula is C15H26N2. The van der Waals surface area contributed by atoms with Crippen LogP contribution in [0.25, 0.3) is 0 Å². The number of nitrogens with zero attached hydrogens (tertiary/aromatic N) is 1. The van der Waals surface area contributed by atoms with Crippen molar-refractivity contribution >= 4 is 0 Å². The lowest BCUT2D eigenvalue weighted by Gasteiger charge is -2.35. The van der Waals surface area contributed by atoms with Crippen molar-refractivity contribution in [1.82, 2.24) is 4.90 Å². The van der Waals surface area contributed by atoms with Crippen LogP contribution in [-0.4, -0.2) is 24.0 Å². The molecule has 0 fully saturated rings. The molecule has 2 heteroatoms. The zero-order chi connectivity index (χ0) is 12.7. The third kappa shape index (κ3) is 3.83. The third-order valence-corrected chi connectivity index (χ3v) is 3.55. The highest BCUT2D eigenvalue weighted by molar-refractivity contribution is 5.19. The Kier molecular flexibility index (Phi) is 6.23. The molecule has 2 unspecified atom stereocenters. The van der Waals surface area contributed by atoms with Crippen molar-refractivity contribution in [2.24, 2.45) is 5.73 Å². The summed E-state index contributed by atoms with van der Waals surface area (Å²) in [5.74, 6) is 0. The minimum absolute atomic E-state index is 0.459. The number of rotatable bonds is 7. The summed E-state index contributed by atoms with van der Waals surface area (Å²) in [6.45, 7) is 8.60. The van der Waals surface area contributed by atoms with Gasteiger partial charge in [0, 0.05) is 12.1 Å². The normalized spacial score (nSPS) is 14.9. The van der Waals surface area contributed by atoms with Crippen molar-refractivity contribution in [1.29, 1.82) is 0 Å². The van der Waals surface area contributed by atoms with Crippen LogP contribution in [0.5, 0.6) is 0 Å². The second-order valence-corrected chi connectivity index (χ2v) is 4.59. The zero-order valence-corrected chi connectivity index (χ0v) is 11.4. The standard InChI is InChI=1S/C15H26N2/c1-4-13(3)17(5-2)15(11-12-16)14-9-7-6-8-10-14/h6-10,13,15H,4-5,11-12,16H2,1-3H3. The molecule has 0 aliphatic heterocycles. The highest BCUT2D eigenvalue weighted by Gasteiger charge is 2.21. The molecule has 2 atom stereocenters. The molecule has 1 aromatic carbocycles. The molecule has 0 saturated heterocycles. The molecule has 0 bridgehead atoms. The van der Waals surface area contributed by atoms with E-state index in [4.69, 9.17) is 5.73 Å². The highest BCUT2D eigenvalue weighted by Crippen LogP contribution is 2.26. The SMILES string of the molecule is CCC(C)N(CC)C(CCN)c1ccccc1. The van der Waals surface area contributed by atoms with Gasteiger partial charge in [-0.05, 0) is 38.4 Å². The van der Waals surface area contributed by atoms with E-state index in [2.05, 4.69) is 56.0 Å². The van der Waals surface area contributed by atoms with Gasteiger partial charge in [0.05, 0.1) is 0 Å². The lowest BCUT2D eigenvalue weighted by atomic mass is 9.99. The molecule has 1 aromatic rings. The number of hydrogen-bond acceptors (Lipinski definition) is 2. The molecule has 0 aliphatic carbocycles. The smallest absolute Gasteiger partial charge is 0.0362 e. The van der Waals surface area contributed by atoms with Crippen LogP contribution in [0.2, 0.25) is 0 Å². The number of hydrogen-bond donors (Lipinski definition) is 1. The maximum Gasteiger partial charge on any atom is 0.0362 e. The lowest BCUT2D eigenvalue weighted by molar-refractivity contribution is 0.142. The monoisotopic (exact) mass is 234 g/mol. The molecule has 17 heavy (non-hydrogen) atoms. The summed E-state index contributed by atoms with van der Waals surface area (Å²) in [5.41, 5.74) is 7.16. The Hall–Kier alpha value is -0.860. The van der Waals surface area contributed by atoms with Crippen LogP contribution >= 0.6 is 0 Å². The van der Waals surface area contributed by atoms with Crippen molar-refractivity contribution in [3.63, 3.8) is 0 Å². The van der Waals surface area contributed by atoms with Gasteiger partial charge in [-0.15, -0.1) is 0 Å². The van der Waals surface area contributed by atoms with Crippen LogP contribution in [0.3, 0.4) is 0 Å². The Morgan fingerprint density at radius 3 is 2.29 bits per heavy atom. The van der Waals surface area contributed by atoms with E-state index in [0.717, 1.165) is 19.5 Å². The van der Waals surface area contributed by atoms with Crippen molar-refractivity contribution in [3.05, 3.63) is 35.9 Å².